The molecule has 0 bridgehead atoms. The molecule has 1 N–H and O–H groups in total. The highest BCUT2D eigenvalue weighted by molar-refractivity contribution is 5.99. The van der Waals surface area contributed by atoms with Crippen LogP contribution in [-0.4, -0.2) is 53.5 Å². The zero-order valence-electron chi connectivity index (χ0n) is 13.2. The molecule has 0 radical (unpaired) electrons. The molecule has 0 fully saturated rings. The van der Waals surface area contributed by atoms with Gasteiger partial charge >= 0.3 is 11.9 Å². The van der Waals surface area contributed by atoms with Crippen molar-refractivity contribution in [3.63, 3.8) is 0 Å². The van der Waals surface area contributed by atoms with Gasteiger partial charge in [0.25, 0.3) is 0 Å². The zero-order chi connectivity index (χ0) is 17.5. The summed E-state index contributed by atoms with van der Waals surface area (Å²) in [6.45, 7) is 0. The van der Waals surface area contributed by atoms with Crippen molar-refractivity contribution >= 4 is 17.6 Å². The van der Waals surface area contributed by atoms with Gasteiger partial charge in [0, 0.05) is 6.07 Å². The first-order chi connectivity index (χ1) is 11.6. The monoisotopic (exact) mass is 333 g/mol. The number of rotatable bonds is 6. The van der Waals surface area contributed by atoms with Crippen LogP contribution in [0.1, 0.15) is 0 Å². The van der Waals surface area contributed by atoms with E-state index in [-0.39, 0.29) is 5.70 Å². The molecule has 0 saturated heterocycles. The molecule has 0 aliphatic heterocycles. The van der Waals surface area contributed by atoms with E-state index in [9.17, 15) is 9.59 Å². The second-order valence-electron chi connectivity index (χ2n) is 4.34. The lowest BCUT2D eigenvalue weighted by molar-refractivity contribution is -0.138. The predicted molar refractivity (Wildman–Crippen MR) is 81.4 cm³/mol. The van der Waals surface area contributed by atoms with Crippen molar-refractivity contribution < 1.29 is 23.8 Å². The van der Waals surface area contributed by atoms with E-state index in [4.69, 9.17) is 4.74 Å². The minimum Gasteiger partial charge on any atom is -0.497 e. The van der Waals surface area contributed by atoms with E-state index in [1.54, 1.807) is 18.2 Å². The van der Waals surface area contributed by atoms with Crippen LogP contribution in [0.5, 0.6) is 5.75 Å². The van der Waals surface area contributed by atoms with Crippen molar-refractivity contribution in [1.29, 1.82) is 0 Å². The van der Waals surface area contributed by atoms with E-state index in [0.29, 0.717) is 17.1 Å². The van der Waals surface area contributed by atoms with Crippen LogP contribution >= 0.6 is 0 Å². The summed E-state index contributed by atoms with van der Waals surface area (Å²) < 4.78 is 15.7. The number of anilines is 1. The van der Waals surface area contributed by atoms with Crippen molar-refractivity contribution in [2.45, 2.75) is 0 Å². The van der Waals surface area contributed by atoms with Crippen molar-refractivity contribution in [3.05, 3.63) is 36.3 Å². The van der Waals surface area contributed by atoms with E-state index < -0.39 is 11.9 Å². The van der Waals surface area contributed by atoms with E-state index in [1.165, 1.54) is 32.3 Å². The Kier molecular flexibility index (Phi) is 5.45. The minimum atomic E-state index is -0.745. The van der Waals surface area contributed by atoms with Crippen LogP contribution in [0.4, 0.5) is 5.69 Å². The lowest BCUT2D eigenvalue weighted by Crippen LogP contribution is -2.16. The molecule has 0 amide bonds. The van der Waals surface area contributed by atoms with Gasteiger partial charge in [-0.15, -0.1) is 5.10 Å². The molecular weight excluding hydrogens is 318 g/mol. The molecule has 0 atom stereocenters. The molecule has 1 aromatic carbocycles. The molecule has 0 unspecified atom stereocenters. The third-order valence-electron chi connectivity index (χ3n) is 2.94. The molecule has 1 aromatic heterocycles. The van der Waals surface area contributed by atoms with Crippen LogP contribution in [-0.2, 0) is 19.1 Å². The SMILES string of the molecule is COC(=O)/C=C(/Nc1cc(OC)ccc1-n1cnnn1)C(=O)OC. The number of carbonyl (C=O) groups is 2. The topological polar surface area (TPSA) is 117 Å². The van der Waals surface area contributed by atoms with Crippen molar-refractivity contribution in [3.8, 4) is 11.4 Å². The van der Waals surface area contributed by atoms with Gasteiger partial charge in [-0.3, -0.25) is 0 Å². The Morgan fingerprint density at radius 3 is 2.58 bits per heavy atom. The van der Waals surface area contributed by atoms with Crippen LogP contribution in [0.3, 0.4) is 0 Å². The number of aromatic nitrogens is 4. The third-order valence-corrected chi connectivity index (χ3v) is 2.94. The maximum absolute atomic E-state index is 11.9. The Hall–Kier alpha value is -3.43. The van der Waals surface area contributed by atoms with Crippen molar-refractivity contribution in [2.24, 2.45) is 0 Å². The Morgan fingerprint density at radius 1 is 1.21 bits per heavy atom. The first-order valence-corrected chi connectivity index (χ1v) is 6.65. The lowest BCUT2D eigenvalue weighted by Gasteiger charge is -2.14. The van der Waals surface area contributed by atoms with Gasteiger partial charge in [-0.25, -0.2) is 9.59 Å². The first kappa shape index (κ1) is 16.9. The molecule has 24 heavy (non-hydrogen) atoms. The molecular formula is C14H15N5O5. The molecule has 0 spiro atoms. The van der Waals surface area contributed by atoms with Gasteiger partial charge in [0.15, 0.2) is 0 Å². The third kappa shape index (κ3) is 3.85. The maximum Gasteiger partial charge on any atom is 0.354 e. The second-order valence-corrected chi connectivity index (χ2v) is 4.34. The van der Waals surface area contributed by atoms with Crippen molar-refractivity contribution in [1.82, 2.24) is 20.2 Å². The number of nitrogens with zero attached hydrogens (tertiary/aromatic N) is 4. The molecule has 0 saturated carbocycles. The summed E-state index contributed by atoms with van der Waals surface area (Å²) in [5.74, 6) is -0.933. The van der Waals surface area contributed by atoms with E-state index >= 15 is 0 Å². The van der Waals surface area contributed by atoms with Crippen LogP contribution in [0.15, 0.2) is 36.3 Å². The van der Waals surface area contributed by atoms with Crippen molar-refractivity contribution in [2.75, 3.05) is 26.6 Å². The molecule has 10 nitrogen and oxygen atoms in total. The minimum absolute atomic E-state index is 0.119. The number of esters is 2. The van der Waals surface area contributed by atoms with Gasteiger partial charge in [-0.1, -0.05) is 0 Å². The highest BCUT2D eigenvalue weighted by Crippen LogP contribution is 2.26. The Balaban J connectivity index is 2.46. The summed E-state index contributed by atoms with van der Waals surface area (Å²) >= 11 is 0. The zero-order valence-corrected chi connectivity index (χ0v) is 13.2. The molecule has 1 heterocycles. The summed E-state index contributed by atoms with van der Waals surface area (Å²) in [6.07, 6.45) is 2.36. The second kappa shape index (κ2) is 7.72. The average Bonchev–Trinajstić information content (AvgIpc) is 3.14. The number of carbonyl (C=O) groups excluding carboxylic acids is 2. The normalized spacial score (nSPS) is 10.9. The molecule has 126 valence electrons. The quantitative estimate of drug-likeness (QED) is 0.588. The van der Waals surface area contributed by atoms with E-state index in [2.05, 4.69) is 30.3 Å². The summed E-state index contributed by atoms with van der Waals surface area (Å²) in [6, 6.07) is 5.00. The van der Waals surface area contributed by atoms with E-state index in [0.717, 1.165) is 6.08 Å². The van der Waals surface area contributed by atoms with Gasteiger partial charge in [0.2, 0.25) is 0 Å². The smallest absolute Gasteiger partial charge is 0.354 e. The number of ether oxygens (including phenoxy) is 3. The van der Waals surface area contributed by atoms with Gasteiger partial charge in [0.1, 0.15) is 17.8 Å². The number of methoxy groups -OCH3 is 3. The summed E-state index contributed by atoms with van der Waals surface area (Å²) in [4.78, 5) is 23.3. The number of hydrogen-bond acceptors (Lipinski definition) is 9. The molecule has 2 rings (SSSR count). The molecule has 0 aliphatic carbocycles. The van der Waals surface area contributed by atoms with Gasteiger partial charge in [-0.05, 0) is 22.6 Å². The van der Waals surface area contributed by atoms with Crippen LogP contribution < -0.4 is 10.1 Å². The fourth-order valence-electron chi connectivity index (χ4n) is 1.79. The van der Waals surface area contributed by atoms with Crippen LogP contribution in [0, 0.1) is 0 Å². The summed E-state index contributed by atoms with van der Waals surface area (Å²) in [5, 5.41) is 13.8. The maximum atomic E-state index is 11.9. The largest absolute Gasteiger partial charge is 0.497 e. The number of benzene rings is 1. The number of hydrogen-bond donors (Lipinski definition) is 1. The highest BCUT2D eigenvalue weighted by atomic mass is 16.5. The summed E-state index contributed by atoms with van der Waals surface area (Å²) in [5.41, 5.74) is 0.828. The standard InChI is InChI=1S/C14H15N5O5/c1-22-9-4-5-12(19-8-15-17-18-19)10(6-9)16-11(14(21)24-3)7-13(20)23-2/h4-8,16H,1-3H3/b11-7+. The lowest BCUT2D eigenvalue weighted by atomic mass is 10.2. The van der Waals surface area contributed by atoms with Gasteiger partial charge < -0.3 is 19.5 Å². The average molecular weight is 333 g/mol. The summed E-state index contributed by atoms with van der Waals surface area (Å²) in [7, 11) is 3.90. The Morgan fingerprint density at radius 2 is 2.00 bits per heavy atom. The Labute approximate surface area is 137 Å². The Bertz CT molecular complexity index is 757. The first-order valence-electron chi connectivity index (χ1n) is 6.65. The number of nitrogens with one attached hydrogen (secondary N) is 1. The molecule has 0 aliphatic rings. The van der Waals surface area contributed by atoms with Crippen LogP contribution in [0.2, 0.25) is 0 Å². The fraction of sp³-hybridized carbons (Fsp3) is 0.214. The number of tetrazole rings is 1. The predicted octanol–water partition coefficient (Wildman–Crippen LogP) is 0.313. The molecule has 10 heteroatoms. The van der Waals surface area contributed by atoms with E-state index in [1.807, 2.05) is 0 Å². The van der Waals surface area contributed by atoms with Gasteiger partial charge in [-0.2, -0.15) is 4.68 Å². The fourth-order valence-corrected chi connectivity index (χ4v) is 1.79. The highest BCUT2D eigenvalue weighted by Gasteiger charge is 2.16. The molecule has 2 aromatic rings. The van der Waals surface area contributed by atoms with Gasteiger partial charge in [0.05, 0.1) is 38.8 Å². The van der Waals surface area contributed by atoms with Crippen LogP contribution in [0.25, 0.3) is 5.69 Å².